The maximum Gasteiger partial charge on any atom is 2.00 e. The van der Waals surface area contributed by atoms with Crippen molar-refractivity contribution >= 4 is 10.4 Å². The Labute approximate surface area is 103 Å². The standard InChI is InChI=1S/C2H6N2.2Cu.H2O4S.3H2O/c3-1-2-4;;;1-5(2,3)4;;;/h3-4H,1-2H2;;;(H2,1,2,3,4);3*1H2/q-2;;+2;;;;. The van der Waals surface area contributed by atoms with Gasteiger partial charge in [-0.3, -0.25) is 9.11 Å². The zero-order valence-electron chi connectivity index (χ0n) is 6.64. The maximum atomic E-state index is 8.74. The molecule has 0 bridgehead atoms. The van der Waals surface area contributed by atoms with Gasteiger partial charge in [0.2, 0.25) is 0 Å². The van der Waals surface area contributed by atoms with Crippen LogP contribution in [-0.4, -0.2) is 47.0 Å². The monoisotopic (exact) mass is 336 g/mol. The fourth-order valence-electron chi connectivity index (χ4n) is 0. The first-order valence-corrected chi connectivity index (χ1v) is 3.30. The van der Waals surface area contributed by atoms with Crippen molar-refractivity contribution in [3.05, 3.63) is 11.5 Å². The zero-order chi connectivity index (χ0) is 7.91. The van der Waals surface area contributed by atoms with E-state index in [-0.39, 0.29) is 63.7 Å². The van der Waals surface area contributed by atoms with Crippen LogP contribution >= 0.6 is 0 Å². The third-order valence-corrected chi connectivity index (χ3v) is 0.125. The van der Waals surface area contributed by atoms with Gasteiger partial charge in [-0.2, -0.15) is 21.5 Å². The molecule has 0 saturated heterocycles. The van der Waals surface area contributed by atoms with Crippen LogP contribution in [0, 0.1) is 0 Å². The molecule has 0 saturated carbocycles. The first-order chi connectivity index (χ1) is 3.91. The van der Waals surface area contributed by atoms with Crippen LogP contribution in [0.25, 0.3) is 11.5 Å². The van der Waals surface area contributed by atoms with Crippen LogP contribution < -0.4 is 0 Å². The van der Waals surface area contributed by atoms with Crippen molar-refractivity contribution in [2.75, 3.05) is 13.1 Å². The molecular formula is C2H14Cu2N2O7S. The van der Waals surface area contributed by atoms with Crippen LogP contribution in [-0.2, 0) is 44.5 Å². The number of hydrogen-bond acceptors (Lipinski definition) is 2. The summed E-state index contributed by atoms with van der Waals surface area (Å²) in [4.78, 5) is 0. The Balaban J connectivity index is -0.0000000104. The fraction of sp³-hybridized carbons (Fsp3) is 1.00. The van der Waals surface area contributed by atoms with Crippen molar-refractivity contribution in [2.45, 2.75) is 0 Å². The van der Waals surface area contributed by atoms with Crippen LogP contribution in [0.1, 0.15) is 0 Å². The van der Waals surface area contributed by atoms with Gasteiger partial charge in [0.05, 0.1) is 0 Å². The van der Waals surface area contributed by atoms with Crippen molar-refractivity contribution in [3.8, 4) is 0 Å². The SMILES string of the molecule is O.O.O.O=S(=O)(O)O.[Cu+2].[Cu].[NH-]CC[NH-]. The molecule has 10 N–H and O–H groups in total. The second-order valence-electron chi connectivity index (χ2n) is 0.948. The molecule has 102 valence electrons. The second-order valence-corrected chi connectivity index (χ2v) is 1.84. The quantitative estimate of drug-likeness (QED) is 0.408. The van der Waals surface area contributed by atoms with Crippen LogP contribution in [0.4, 0.5) is 0 Å². The van der Waals surface area contributed by atoms with E-state index in [0.717, 1.165) is 0 Å². The van der Waals surface area contributed by atoms with Gasteiger partial charge in [-0.1, -0.05) is 0 Å². The smallest absolute Gasteiger partial charge is 0.679 e. The molecule has 14 heavy (non-hydrogen) atoms. The molecule has 12 heteroatoms. The van der Waals surface area contributed by atoms with E-state index in [1.165, 1.54) is 0 Å². The summed E-state index contributed by atoms with van der Waals surface area (Å²) in [6, 6.07) is 0. The average molecular weight is 337 g/mol. The summed E-state index contributed by atoms with van der Waals surface area (Å²) in [5.74, 6) is 0. The molecule has 0 amide bonds. The summed E-state index contributed by atoms with van der Waals surface area (Å²) in [5.41, 5.74) is 12.5. The summed E-state index contributed by atoms with van der Waals surface area (Å²) in [5, 5.41) is 0. The van der Waals surface area contributed by atoms with Gasteiger partial charge in [-0.25, -0.2) is 0 Å². The summed E-state index contributed by atoms with van der Waals surface area (Å²) in [7, 11) is -4.67. The minimum Gasteiger partial charge on any atom is -0.679 e. The Bertz CT molecular complexity index is 131. The van der Waals surface area contributed by atoms with Gasteiger partial charge in [0.1, 0.15) is 0 Å². The van der Waals surface area contributed by atoms with Gasteiger partial charge in [0.15, 0.2) is 0 Å². The van der Waals surface area contributed by atoms with Crippen molar-refractivity contribution in [1.29, 1.82) is 0 Å². The van der Waals surface area contributed by atoms with Gasteiger partial charge < -0.3 is 27.9 Å². The van der Waals surface area contributed by atoms with Gasteiger partial charge in [0, 0.05) is 17.1 Å². The van der Waals surface area contributed by atoms with Crippen molar-refractivity contribution in [1.82, 2.24) is 0 Å². The van der Waals surface area contributed by atoms with E-state index in [0.29, 0.717) is 0 Å². The van der Waals surface area contributed by atoms with Gasteiger partial charge in [-0.05, 0) is 0 Å². The third-order valence-electron chi connectivity index (χ3n) is 0.125. The second kappa shape index (κ2) is 29.2. The molecule has 0 unspecified atom stereocenters. The van der Waals surface area contributed by atoms with Crippen LogP contribution in [0.2, 0.25) is 0 Å². The molecule has 0 aromatic heterocycles. The molecule has 0 aliphatic heterocycles. The predicted molar refractivity (Wildman–Crippen MR) is 43.4 cm³/mol. The van der Waals surface area contributed by atoms with Crippen LogP contribution in [0.5, 0.6) is 0 Å². The molecule has 0 spiro atoms. The number of hydrogen-bond donors (Lipinski definition) is 2. The van der Waals surface area contributed by atoms with Gasteiger partial charge in [-0.15, -0.1) is 0 Å². The molecule has 0 heterocycles. The summed E-state index contributed by atoms with van der Waals surface area (Å²) in [6.07, 6.45) is 0. The fourth-order valence-corrected chi connectivity index (χ4v) is 0. The van der Waals surface area contributed by atoms with E-state index in [4.69, 9.17) is 29.0 Å². The third kappa shape index (κ3) is 597. The van der Waals surface area contributed by atoms with E-state index in [2.05, 4.69) is 0 Å². The largest absolute Gasteiger partial charge is 2.00 e. The summed E-state index contributed by atoms with van der Waals surface area (Å²) >= 11 is 0. The Morgan fingerprint density at radius 3 is 1.00 bits per heavy atom. The average Bonchev–Trinajstić information content (AvgIpc) is 1.61. The van der Waals surface area contributed by atoms with E-state index < -0.39 is 10.4 Å². The topological polar surface area (TPSA) is 217 Å². The van der Waals surface area contributed by atoms with E-state index in [9.17, 15) is 0 Å². The molecule has 0 fully saturated rings. The Kier molecular flexibility index (Phi) is 97.0. The normalized spacial score (nSPS) is 6.29. The Morgan fingerprint density at radius 2 is 1.00 bits per heavy atom. The molecule has 9 nitrogen and oxygen atoms in total. The number of rotatable bonds is 1. The molecule has 0 aromatic rings. The summed E-state index contributed by atoms with van der Waals surface area (Å²) < 4.78 is 31.6. The zero-order valence-corrected chi connectivity index (χ0v) is 9.34. The van der Waals surface area contributed by atoms with Gasteiger partial charge in [0.25, 0.3) is 0 Å². The van der Waals surface area contributed by atoms with E-state index in [1.807, 2.05) is 0 Å². The van der Waals surface area contributed by atoms with Crippen molar-refractivity contribution < 1.29 is 68.1 Å². The molecule has 0 aliphatic carbocycles. The minimum absolute atomic E-state index is 0. The van der Waals surface area contributed by atoms with Crippen LogP contribution in [0.15, 0.2) is 0 Å². The molecule has 0 atom stereocenters. The van der Waals surface area contributed by atoms with E-state index >= 15 is 0 Å². The van der Waals surface area contributed by atoms with Crippen molar-refractivity contribution in [2.24, 2.45) is 0 Å². The molecule has 2 radical (unpaired) electrons. The van der Waals surface area contributed by atoms with Crippen molar-refractivity contribution in [3.63, 3.8) is 0 Å². The molecule has 0 rings (SSSR count). The molecule has 0 aliphatic rings. The Morgan fingerprint density at radius 1 is 0.929 bits per heavy atom. The molecule has 0 aromatic carbocycles. The predicted octanol–water partition coefficient (Wildman–Crippen LogP) is -2.04. The first kappa shape index (κ1) is 46.5. The first-order valence-electron chi connectivity index (χ1n) is 1.91. The summed E-state index contributed by atoms with van der Waals surface area (Å²) in [6.45, 7) is 0.472. The Hall–Kier alpha value is 0.709. The minimum atomic E-state index is -4.67. The van der Waals surface area contributed by atoms with Gasteiger partial charge >= 0.3 is 27.5 Å². The number of nitrogens with one attached hydrogen (secondary N) is 2. The van der Waals surface area contributed by atoms with Crippen LogP contribution in [0.3, 0.4) is 0 Å². The molecular weight excluding hydrogens is 323 g/mol. The van der Waals surface area contributed by atoms with E-state index in [1.54, 1.807) is 0 Å². The maximum absolute atomic E-state index is 8.74.